The summed E-state index contributed by atoms with van der Waals surface area (Å²) >= 11 is 0. The lowest BCUT2D eigenvalue weighted by Crippen LogP contribution is -2.37. The van der Waals surface area contributed by atoms with Crippen LogP contribution in [-0.4, -0.2) is 103 Å². The van der Waals surface area contributed by atoms with Crippen molar-refractivity contribution in [2.45, 2.75) is 180 Å². The van der Waals surface area contributed by atoms with Gasteiger partial charge in [-0.25, -0.2) is 4.57 Å². The summed E-state index contributed by atoms with van der Waals surface area (Å²) in [5.41, 5.74) is 0. The van der Waals surface area contributed by atoms with Crippen molar-refractivity contribution in [2.24, 2.45) is 11.8 Å². The Bertz CT molecular complexity index is 1340. The van der Waals surface area contributed by atoms with Crippen molar-refractivity contribution in [1.29, 1.82) is 0 Å². The number of ketones is 1. The van der Waals surface area contributed by atoms with Crippen LogP contribution in [0.1, 0.15) is 162 Å². The Morgan fingerprint density at radius 1 is 0.770 bits per heavy atom. The van der Waals surface area contributed by atoms with Crippen LogP contribution in [0.4, 0.5) is 0 Å². The maximum atomic E-state index is 12.8. The van der Waals surface area contributed by atoms with Crippen molar-refractivity contribution in [1.82, 2.24) is 0 Å². The first-order valence-electron chi connectivity index (χ1n) is 23.5. The van der Waals surface area contributed by atoms with E-state index in [4.69, 9.17) is 18.5 Å². The lowest BCUT2D eigenvalue weighted by molar-refractivity contribution is -0.870. The highest BCUT2D eigenvalue weighted by molar-refractivity contribution is 7.47. The van der Waals surface area contributed by atoms with Gasteiger partial charge in [-0.2, -0.15) is 0 Å². The van der Waals surface area contributed by atoms with Crippen molar-refractivity contribution in [3.05, 3.63) is 48.6 Å². The topological polar surface area (TPSA) is 166 Å². The lowest BCUT2D eigenvalue weighted by Gasteiger charge is -2.24. The quantitative estimate of drug-likeness (QED) is 0.0178. The van der Waals surface area contributed by atoms with E-state index >= 15 is 0 Å². The van der Waals surface area contributed by atoms with Crippen LogP contribution in [0, 0.1) is 11.8 Å². The number of carbonyl (C=O) groups excluding carboxylic acids is 3. The van der Waals surface area contributed by atoms with Gasteiger partial charge in [0.15, 0.2) is 6.10 Å². The van der Waals surface area contributed by atoms with Crippen LogP contribution >= 0.6 is 7.82 Å². The van der Waals surface area contributed by atoms with E-state index in [2.05, 4.69) is 38.2 Å². The summed E-state index contributed by atoms with van der Waals surface area (Å²) < 4.78 is 34.3. The smallest absolute Gasteiger partial charge is 0.462 e. The molecule has 0 spiro atoms. The van der Waals surface area contributed by atoms with Crippen LogP contribution in [-0.2, 0) is 37.5 Å². The van der Waals surface area contributed by atoms with Gasteiger partial charge in [0.05, 0.1) is 40.0 Å². The molecule has 0 bridgehead atoms. The van der Waals surface area contributed by atoms with Gasteiger partial charge in [0.1, 0.15) is 25.5 Å². The van der Waals surface area contributed by atoms with Crippen LogP contribution in [0.3, 0.4) is 0 Å². The molecule has 0 aliphatic heterocycles. The van der Waals surface area contributed by atoms with Gasteiger partial charge in [-0.05, 0) is 64.2 Å². The van der Waals surface area contributed by atoms with Gasteiger partial charge in [0.2, 0.25) is 0 Å². The van der Waals surface area contributed by atoms with E-state index in [1.807, 2.05) is 33.3 Å². The third kappa shape index (κ3) is 32.0. The number of likely N-dealkylation sites (N-methyl/N-ethyl adjacent to an activating group) is 1. The summed E-state index contributed by atoms with van der Waals surface area (Å²) in [6.45, 7) is 3.97. The number of phosphoric acid groups is 1. The van der Waals surface area contributed by atoms with E-state index in [0.717, 1.165) is 51.4 Å². The van der Waals surface area contributed by atoms with Gasteiger partial charge < -0.3 is 29.1 Å². The molecule has 1 aliphatic carbocycles. The number of carbonyl (C=O) groups is 3. The third-order valence-electron chi connectivity index (χ3n) is 10.7. The third-order valence-corrected chi connectivity index (χ3v) is 11.7. The van der Waals surface area contributed by atoms with Crippen molar-refractivity contribution in [2.75, 3.05) is 47.5 Å². The molecule has 1 unspecified atom stereocenters. The van der Waals surface area contributed by atoms with Gasteiger partial charge in [-0.1, -0.05) is 127 Å². The number of unbranched alkanes of at least 4 members (excludes halogenated alkanes) is 13. The number of phosphoric ester groups is 1. The first-order valence-corrected chi connectivity index (χ1v) is 25.0. The molecule has 61 heavy (non-hydrogen) atoms. The molecule has 352 valence electrons. The molecule has 0 aromatic carbocycles. The fourth-order valence-corrected chi connectivity index (χ4v) is 7.65. The van der Waals surface area contributed by atoms with E-state index in [9.17, 15) is 34.1 Å². The molecular formula is C48H85NO11P+. The van der Waals surface area contributed by atoms with Crippen molar-refractivity contribution >= 4 is 25.5 Å². The Kier molecular flexibility index (Phi) is 32.4. The number of nitrogens with zero attached hydrogens (tertiary/aromatic N) is 1. The molecule has 0 aromatic heterocycles. The monoisotopic (exact) mass is 883 g/mol. The number of aliphatic hydroxyl groups excluding tert-OH is 2. The number of hydrogen-bond donors (Lipinski definition) is 3. The van der Waals surface area contributed by atoms with E-state index in [1.165, 1.54) is 44.9 Å². The molecule has 13 heteroatoms. The molecule has 1 rings (SSSR count). The molecule has 0 heterocycles. The molecule has 6 atom stereocenters. The number of ether oxygens (including phenoxy) is 2. The van der Waals surface area contributed by atoms with Crippen molar-refractivity contribution < 1.29 is 57.1 Å². The Labute approximate surface area is 369 Å². The van der Waals surface area contributed by atoms with E-state index in [-0.39, 0.29) is 44.2 Å². The highest BCUT2D eigenvalue weighted by Crippen LogP contribution is 2.43. The number of quaternary nitrogens is 1. The number of allylic oxidation sites excluding steroid dienone is 7. The molecule has 12 nitrogen and oxygen atoms in total. The largest absolute Gasteiger partial charge is 0.472 e. The van der Waals surface area contributed by atoms with Crippen LogP contribution in [0.5, 0.6) is 0 Å². The number of hydrogen-bond acceptors (Lipinski definition) is 10. The highest BCUT2D eigenvalue weighted by atomic mass is 31.2. The Morgan fingerprint density at radius 3 is 2.03 bits per heavy atom. The molecule has 1 aliphatic rings. The lowest BCUT2D eigenvalue weighted by atomic mass is 9.90. The number of esters is 2. The highest BCUT2D eigenvalue weighted by Gasteiger charge is 2.39. The zero-order chi connectivity index (χ0) is 45.2. The average Bonchev–Trinajstić information content (AvgIpc) is 3.47. The summed E-state index contributed by atoms with van der Waals surface area (Å²) in [7, 11) is 1.30. The minimum Gasteiger partial charge on any atom is -0.462 e. The molecule has 3 N–H and O–H groups in total. The molecule has 0 saturated heterocycles. The summed E-state index contributed by atoms with van der Waals surface area (Å²) in [4.78, 5) is 48.2. The average molecular weight is 883 g/mol. The van der Waals surface area contributed by atoms with Gasteiger partial charge in [-0.15, -0.1) is 0 Å². The van der Waals surface area contributed by atoms with Crippen molar-refractivity contribution in [3.8, 4) is 0 Å². The zero-order valence-corrected chi connectivity index (χ0v) is 39.5. The number of Topliss-reactive ketones (excluding diaryl/α,β-unsaturated/α-hetero) is 1. The summed E-state index contributed by atoms with van der Waals surface area (Å²) in [5, 5.41) is 20.8. The van der Waals surface area contributed by atoms with Crippen LogP contribution in [0.2, 0.25) is 0 Å². The van der Waals surface area contributed by atoms with Crippen LogP contribution in [0.15, 0.2) is 48.6 Å². The number of aliphatic hydroxyl groups is 2. The molecule has 0 radical (unpaired) electrons. The predicted molar refractivity (Wildman–Crippen MR) is 244 cm³/mol. The first kappa shape index (κ1) is 56.6. The van der Waals surface area contributed by atoms with Crippen LogP contribution in [0.25, 0.3) is 0 Å². The molecule has 0 amide bonds. The van der Waals surface area contributed by atoms with Gasteiger partial charge in [0, 0.05) is 31.1 Å². The first-order chi connectivity index (χ1) is 29.2. The number of rotatable bonds is 38. The second-order valence-corrected chi connectivity index (χ2v) is 19.0. The summed E-state index contributed by atoms with van der Waals surface area (Å²) in [6.07, 6.45) is 33.8. The normalized spacial score (nSPS) is 19.4. The van der Waals surface area contributed by atoms with E-state index in [1.54, 1.807) is 12.2 Å². The minimum absolute atomic E-state index is 0.0193. The van der Waals surface area contributed by atoms with Gasteiger partial charge >= 0.3 is 19.8 Å². The molecule has 0 aromatic rings. The standard InChI is InChI=1S/C48H84NO11P/c1-6-8-10-11-12-13-14-15-16-17-18-19-20-21-22-23-28-32-47(53)57-39-42(40-59-61(55,56)58-37-36-49(3,4)5)60-48(54)33-29-25-24-27-31-43-44(46(52)38-45(43)51)35-34-41(50)30-26-9-7-2/h12-13,15-16,24,27,34-35,41-45,50-51H,6-11,14,17-23,25-26,28-33,36-40H2,1-5H3/p+1/b13-12-,16-15-,27-24-,35-34+/t41-,42+,43+,44+,45-/m0/s1. The predicted octanol–water partition coefficient (Wildman–Crippen LogP) is 10.1. The second-order valence-electron chi connectivity index (χ2n) is 17.6. The SMILES string of the molecule is CCCCC/C=C\C/C=C\CCCCCCCCCC(=O)OC[C@H](COP(=O)(O)OCC[N+](C)(C)C)OC(=O)CCC/C=C\C[C@H]1[C@@H](O)CC(=O)[C@@H]1/C=C/[C@@H](O)CCCCC. The maximum absolute atomic E-state index is 12.8. The van der Waals surface area contributed by atoms with Gasteiger partial charge in [0.25, 0.3) is 0 Å². The fraction of sp³-hybridized carbons (Fsp3) is 0.771. The fourth-order valence-electron chi connectivity index (χ4n) is 6.91. The Morgan fingerprint density at radius 2 is 1.36 bits per heavy atom. The molecule has 1 fully saturated rings. The van der Waals surface area contributed by atoms with Crippen LogP contribution < -0.4 is 0 Å². The Balaban J connectivity index is 2.49. The zero-order valence-electron chi connectivity index (χ0n) is 38.6. The van der Waals surface area contributed by atoms with Gasteiger partial charge in [-0.3, -0.25) is 23.4 Å². The minimum atomic E-state index is -4.46. The summed E-state index contributed by atoms with van der Waals surface area (Å²) in [6, 6.07) is 0. The van der Waals surface area contributed by atoms with E-state index < -0.39 is 50.6 Å². The van der Waals surface area contributed by atoms with E-state index in [0.29, 0.717) is 43.1 Å². The maximum Gasteiger partial charge on any atom is 0.472 e. The second kappa shape index (κ2) is 35.0. The molecular weight excluding hydrogens is 797 g/mol. The summed E-state index contributed by atoms with van der Waals surface area (Å²) in [5.74, 6) is -1.76. The van der Waals surface area contributed by atoms with Crippen molar-refractivity contribution in [3.63, 3.8) is 0 Å². The molecule has 1 saturated carbocycles. The Hall–Kier alpha value is -2.44.